The molecule has 0 aromatic carbocycles. The fraction of sp³-hybridized carbons (Fsp3) is 0.750. The molecule has 0 nitrogen and oxygen atoms in total. The standard InChI is InChI=1S/C8H10Br4/c1-2-4-3-5(9)7(11)8(12)6(4)10/h2,4-8H,1,3H2. The van der Waals surface area contributed by atoms with Gasteiger partial charge in [0.2, 0.25) is 0 Å². The molecule has 0 radical (unpaired) electrons. The Kier molecular flexibility index (Phi) is 4.83. The van der Waals surface area contributed by atoms with E-state index in [1.54, 1.807) is 0 Å². The molecule has 0 bridgehead atoms. The summed E-state index contributed by atoms with van der Waals surface area (Å²) in [7, 11) is 0. The number of hydrogen-bond donors (Lipinski definition) is 0. The van der Waals surface area contributed by atoms with Gasteiger partial charge in [-0.1, -0.05) is 69.8 Å². The molecular weight excluding hydrogens is 416 g/mol. The second-order valence-corrected chi connectivity index (χ2v) is 7.33. The summed E-state index contributed by atoms with van der Waals surface area (Å²) in [6.45, 7) is 3.84. The lowest BCUT2D eigenvalue weighted by atomic mass is 9.89. The maximum absolute atomic E-state index is 3.84. The highest BCUT2D eigenvalue weighted by molar-refractivity contribution is 9.14. The van der Waals surface area contributed by atoms with Crippen LogP contribution in [0.25, 0.3) is 0 Å². The normalized spacial score (nSPS) is 48.8. The first-order valence-corrected chi connectivity index (χ1v) is 7.43. The van der Waals surface area contributed by atoms with E-state index in [9.17, 15) is 0 Å². The maximum Gasteiger partial charge on any atom is 0.0412 e. The van der Waals surface area contributed by atoms with Gasteiger partial charge in [-0.15, -0.1) is 6.58 Å². The smallest absolute Gasteiger partial charge is 0.0412 e. The van der Waals surface area contributed by atoms with Crippen LogP contribution in [0.5, 0.6) is 0 Å². The van der Waals surface area contributed by atoms with E-state index in [1.807, 2.05) is 6.08 Å². The van der Waals surface area contributed by atoms with Gasteiger partial charge in [0.25, 0.3) is 0 Å². The molecule has 0 heterocycles. The minimum Gasteiger partial charge on any atom is -0.103 e. The molecule has 4 heteroatoms. The van der Waals surface area contributed by atoms with Crippen LogP contribution in [0, 0.1) is 5.92 Å². The van der Waals surface area contributed by atoms with E-state index >= 15 is 0 Å². The molecule has 12 heavy (non-hydrogen) atoms. The number of allylic oxidation sites excluding steroid dienone is 1. The summed E-state index contributed by atoms with van der Waals surface area (Å²) in [5, 5.41) is 0. The highest BCUT2D eigenvalue weighted by Crippen LogP contribution is 2.41. The molecule has 0 saturated heterocycles. The van der Waals surface area contributed by atoms with Gasteiger partial charge in [0, 0.05) is 19.3 Å². The minimum atomic E-state index is 0.457. The zero-order valence-corrected chi connectivity index (χ0v) is 12.7. The molecule has 1 fully saturated rings. The maximum atomic E-state index is 3.84. The molecule has 70 valence electrons. The molecule has 1 saturated carbocycles. The Balaban J connectivity index is 2.70. The second-order valence-electron chi connectivity index (χ2n) is 2.98. The van der Waals surface area contributed by atoms with Crippen molar-refractivity contribution in [1.29, 1.82) is 0 Å². The van der Waals surface area contributed by atoms with Gasteiger partial charge in [-0.05, 0) is 12.3 Å². The topological polar surface area (TPSA) is 0 Å². The predicted octanol–water partition coefficient (Wildman–Crippen LogP) is 4.25. The molecule has 0 amide bonds. The number of rotatable bonds is 1. The quantitative estimate of drug-likeness (QED) is 0.435. The summed E-state index contributed by atoms with van der Waals surface area (Å²) in [5.74, 6) is 0.549. The van der Waals surface area contributed by atoms with Gasteiger partial charge >= 0.3 is 0 Å². The van der Waals surface area contributed by atoms with Gasteiger partial charge < -0.3 is 0 Å². The first-order chi connectivity index (χ1) is 5.57. The van der Waals surface area contributed by atoms with Crippen LogP contribution >= 0.6 is 63.7 Å². The molecule has 5 unspecified atom stereocenters. The lowest BCUT2D eigenvalue weighted by molar-refractivity contribution is 0.479. The fourth-order valence-electron chi connectivity index (χ4n) is 1.36. The van der Waals surface area contributed by atoms with Crippen molar-refractivity contribution in [2.45, 2.75) is 25.7 Å². The Morgan fingerprint density at radius 1 is 1.00 bits per heavy atom. The third kappa shape index (κ3) is 2.37. The van der Waals surface area contributed by atoms with Crippen molar-refractivity contribution in [3.63, 3.8) is 0 Å². The Morgan fingerprint density at radius 2 is 1.58 bits per heavy atom. The van der Waals surface area contributed by atoms with Crippen LogP contribution in [0.1, 0.15) is 6.42 Å². The van der Waals surface area contributed by atoms with E-state index in [0.29, 0.717) is 25.2 Å². The number of hydrogen-bond acceptors (Lipinski definition) is 0. The van der Waals surface area contributed by atoms with E-state index in [2.05, 4.69) is 70.3 Å². The molecule has 0 aromatic heterocycles. The Bertz CT molecular complexity index is 170. The molecule has 1 rings (SSSR count). The van der Waals surface area contributed by atoms with Crippen molar-refractivity contribution < 1.29 is 0 Å². The Labute approximate surface area is 107 Å². The lowest BCUT2D eigenvalue weighted by Crippen LogP contribution is -2.42. The van der Waals surface area contributed by atoms with Gasteiger partial charge in [0.05, 0.1) is 0 Å². The van der Waals surface area contributed by atoms with E-state index in [4.69, 9.17) is 0 Å². The molecule has 1 aliphatic carbocycles. The average Bonchev–Trinajstić information content (AvgIpc) is 2.08. The van der Waals surface area contributed by atoms with Gasteiger partial charge in [0.15, 0.2) is 0 Å². The molecule has 0 aliphatic heterocycles. The van der Waals surface area contributed by atoms with Crippen molar-refractivity contribution in [3.05, 3.63) is 12.7 Å². The van der Waals surface area contributed by atoms with E-state index in [0.717, 1.165) is 6.42 Å². The van der Waals surface area contributed by atoms with Gasteiger partial charge in [-0.25, -0.2) is 0 Å². The summed E-state index contributed by atoms with van der Waals surface area (Å²) in [6, 6.07) is 0. The molecule has 0 spiro atoms. The van der Waals surface area contributed by atoms with Crippen LogP contribution in [0.15, 0.2) is 12.7 Å². The highest BCUT2D eigenvalue weighted by Gasteiger charge is 2.38. The number of halogens is 4. The predicted molar refractivity (Wildman–Crippen MR) is 69.2 cm³/mol. The third-order valence-corrected chi connectivity index (χ3v) is 8.83. The molecule has 0 aromatic rings. The Hall–Kier alpha value is 1.66. The van der Waals surface area contributed by atoms with Crippen molar-refractivity contribution in [1.82, 2.24) is 0 Å². The largest absolute Gasteiger partial charge is 0.103 e. The zero-order valence-electron chi connectivity index (χ0n) is 6.39. The van der Waals surface area contributed by atoms with E-state index in [-0.39, 0.29) is 0 Å². The summed E-state index contributed by atoms with van der Waals surface area (Å²) in [6.07, 6.45) is 3.16. The molecular formula is C8H10Br4. The van der Waals surface area contributed by atoms with Crippen LogP contribution in [0.4, 0.5) is 0 Å². The summed E-state index contributed by atoms with van der Waals surface area (Å²) in [5.41, 5.74) is 0. The number of alkyl halides is 4. The molecule has 5 atom stereocenters. The highest BCUT2D eigenvalue weighted by atomic mass is 79.9. The summed E-state index contributed by atoms with van der Waals surface area (Å²) in [4.78, 5) is 1.95. The Morgan fingerprint density at radius 3 is 2.08 bits per heavy atom. The van der Waals surface area contributed by atoms with Crippen LogP contribution in [-0.4, -0.2) is 19.3 Å². The van der Waals surface area contributed by atoms with Crippen molar-refractivity contribution in [2.75, 3.05) is 0 Å². The first-order valence-electron chi connectivity index (χ1n) is 3.76. The van der Waals surface area contributed by atoms with Gasteiger partial charge in [-0.2, -0.15) is 0 Å². The summed E-state index contributed by atoms with van der Waals surface area (Å²) >= 11 is 14.7. The zero-order chi connectivity index (χ0) is 9.30. The van der Waals surface area contributed by atoms with Crippen LogP contribution in [0.3, 0.4) is 0 Å². The SMILES string of the molecule is C=CC1CC(Br)C(Br)C(Br)C1Br. The van der Waals surface area contributed by atoms with E-state index < -0.39 is 0 Å². The van der Waals surface area contributed by atoms with Gasteiger partial charge in [0.1, 0.15) is 0 Å². The van der Waals surface area contributed by atoms with Gasteiger partial charge in [-0.3, -0.25) is 0 Å². The third-order valence-electron chi connectivity index (χ3n) is 2.16. The van der Waals surface area contributed by atoms with Crippen molar-refractivity contribution >= 4 is 63.7 Å². The first kappa shape index (κ1) is 11.7. The second kappa shape index (κ2) is 4.94. The van der Waals surface area contributed by atoms with Crippen LogP contribution in [-0.2, 0) is 0 Å². The molecule has 1 aliphatic rings. The summed E-state index contributed by atoms with van der Waals surface area (Å²) < 4.78 is 0. The average molecular weight is 426 g/mol. The lowest BCUT2D eigenvalue weighted by Gasteiger charge is -2.36. The van der Waals surface area contributed by atoms with Crippen molar-refractivity contribution in [2.24, 2.45) is 5.92 Å². The fourth-order valence-corrected chi connectivity index (χ4v) is 5.00. The van der Waals surface area contributed by atoms with E-state index in [1.165, 1.54) is 0 Å². The monoisotopic (exact) mass is 422 g/mol. The van der Waals surface area contributed by atoms with Crippen molar-refractivity contribution in [3.8, 4) is 0 Å². The molecule has 0 N–H and O–H groups in total. The minimum absolute atomic E-state index is 0.457. The van der Waals surface area contributed by atoms with Crippen LogP contribution in [0.2, 0.25) is 0 Å². The van der Waals surface area contributed by atoms with Crippen LogP contribution < -0.4 is 0 Å².